The number of aromatic nitrogens is 1. The van der Waals surface area contributed by atoms with Gasteiger partial charge in [-0.25, -0.2) is 4.79 Å². The van der Waals surface area contributed by atoms with Crippen LogP contribution in [0.3, 0.4) is 0 Å². The summed E-state index contributed by atoms with van der Waals surface area (Å²) in [5, 5.41) is 0. The predicted octanol–water partition coefficient (Wildman–Crippen LogP) is 1.74. The zero-order valence-electron chi connectivity index (χ0n) is 10.9. The van der Waals surface area contributed by atoms with Crippen molar-refractivity contribution in [2.24, 2.45) is 13.0 Å². The van der Waals surface area contributed by atoms with Crippen LogP contribution in [0.2, 0.25) is 0 Å². The van der Waals surface area contributed by atoms with E-state index in [1.54, 1.807) is 25.2 Å². The van der Waals surface area contributed by atoms with Crippen molar-refractivity contribution in [2.75, 3.05) is 6.61 Å². The monoisotopic (exact) mass is 261 g/mol. The predicted molar refractivity (Wildman–Crippen MR) is 69.3 cm³/mol. The van der Waals surface area contributed by atoms with Crippen LogP contribution in [0, 0.1) is 5.92 Å². The van der Waals surface area contributed by atoms with Crippen molar-refractivity contribution < 1.29 is 13.9 Å². The van der Waals surface area contributed by atoms with Gasteiger partial charge in [-0.1, -0.05) is 6.92 Å². The minimum Gasteiger partial charge on any atom is -0.408 e. The minimum atomic E-state index is -0.426. The van der Waals surface area contributed by atoms with Gasteiger partial charge >= 0.3 is 5.76 Å². The number of ether oxygens (including phenoxy) is 1. The van der Waals surface area contributed by atoms with Gasteiger partial charge in [0.05, 0.1) is 5.52 Å². The molecule has 100 valence electrons. The number of hydrogen-bond acceptors (Lipinski definition) is 4. The van der Waals surface area contributed by atoms with Crippen molar-refractivity contribution in [1.29, 1.82) is 0 Å². The van der Waals surface area contributed by atoms with E-state index in [1.165, 1.54) is 4.57 Å². The average Bonchev–Trinajstić information content (AvgIpc) is 2.93. The average molecular weight is 261 g/mol. The van der Waals surface area contributed by atoms with Crippen LogP contribution in [0.15, 0.2) is 27.4 Å². The maximum atomic E-state index is 12.3. The van der Waals surface area contributed by atoms with E-state index in [-0.39, 0.29) is 17.8 Å². The van der Waals surface area contributed by atoms with Crippen LogP contribution in [-0.2, 0) is 11.8 Å². The van der Waals surface area contributed by atoms with Gasteiger partial charge in [-0.05, 0) is 30.5 Å². The summed E-state index contributed by atoms with van der Waals surface area (Å²) in [6, 6.07) is 5.06. The van der Waals surface area contributed by atoms with E-state index in [1.807, 2.05) is 6.92 Å². The molecule has 0 amide bonds. The Labute approximate surface area is 109 Å². The summed E-state index contributed by atoms with van der Waals surface area (Å²) in [6.45, 7) is 2.64. The molecule has 0 bridgehead atoms. The molecule has 19 heavy (non-hydrogen) atoms. The number of hydrogen-bond donors (Lipinski definition) is 0. The second kappa shape index (κ2) is 4.35. The van der Waals surface area contributed by atoms with E-state index < -0.39 is 5.76 Å². The molecule has 0 saturated carbocycles. The first-order valence-corrected chi connectivity index (χ1v) is 6.33. The molecule has 1 fully saturated rings. The third kappa shape index (κ3) is 1.90. The largest absolute Gasteiger partial charge is 0.419 e. The zero-order chi connectivity index (χ0) is 13.6. The van der Waals surface area contributed by atoms with Gasteiger partial charge in [0, 0.05) is 19.2 Å². The first-order chi connectivity index (χ1) is 9.08. The topological polar surface area (TPSA) is 61.4 Å². The van der Waals surface area contributed by atoms with E-state index >= 15 is 0 Å². The molecular weight excluding hydrogens is 246 g/mol. The fourth-order valence-electron chi connectivity index (χ4n) is 2.48. The fraction of sp³-hybridized carbons (Fsp3) is 0.429. The van der Waals surface area contributed by atoms with Gasteiger partial charge in [0.2, 0.25) is 0 Å². The lowest BCUT2D eigenvalue weighted by molar-refractivity contribution is 0.0579. The highest BCUT2D eigenvalue weighted by atomic mass is 16.5. The molecule has 1 aliphatic heterocycles. The van der Waals surface area contributed by atoms with Crippen LogP contribution in [0.1, 0.15) is 23.7 Å². The molecule has 0 spiro atoms. The molecule has 2 heterocycles. The lowest BCUT2D eigenvalue weighted by atomic mass is 9.96. The molecule has 1 aromatic carbocycles. The molecule has 3 rings (SSSR count). The van der Waals surface area contributed by atoms with Gasteiger partial charge < -0.3 is 9.15 Å². The Balaban J connectivity index is 2.01. The standard InChI is InChI=1S/C14H15NO4/c1-8-5-6-18-13(8)12(16)9-3-4-10-11(7-9)19-14(17)15(10)2/h3-4,7-8,13H,5-6H2,1-2H3. The second-order valence-corrected chi connectivity index (χ2v) is 5.03. The Bertz CT molecular complexity index is 697. The van der Waals surface area contributed by atoms with Crippen molar-refractivity contribution in [3.05, 3.63) is 34.3 Å². The Morgan fingerprint density at radius 2 is 2.21 bits per heavy atom. The van der Waals surface area contributed by atoms with E-state index in [4.69, 9.17) is 9.15 Å². The van der Waals surface area contributed by atoms with E-state index in [0.29, 0.717) is 23.3 Å². The van der Waals surface area contributed by atoms with Crippen LogP contribution in [0.4, 0.5) is 0 Å². The molecule has 2 atom stereocenters. The number of oxazole rings is 1. The molecule has 1 aliphatic rings. The Morgan fingerprint density at radius 1 is 1.42 bits per heavy atom. The first kappa shape index (κ1) is 12.2. The minimum absolute atomic E-state index is 0.0431. The van der Waals surface area contributed by atoms with E-state index in [9.17, 15) is 9.59 Å². The normalized spacial score (nSPS) is 23.1. The molecule has 1 saturated heterocycles. The lowest BCUT2D eigenvalue weighted by Gasteiger charge is -2.12. The van der Waals surface area contributed by atoms with Gasteiger partial charge in [-0.15, -0.1) is 0 Å². The molecule has 0 aliphatic carbocycles. The van der Waals surface area contributed by atoms with Crippen LogP contribution >= 0.6 is 0 Å². The Morgan fingerprint density at radius 3 is 2.89 bits per heavy atom. The lowest BCUT2D eigenvalue weighted by Crippen LogP contribution is -2.25. The van der Waals surface area contributed by atoms with Crippen molar-refractivity contribution >= 4 is 16.9 Å². The van der Waals surface area contributed by atoms with Crippen molar-refractivity contribution in [3.8, 4) is 0 Å². The number of nitrogens with zero attached hydrogens (tertiary/aromatic N) is 1. The Hall–Kier alpha value is -1.88. The highest BCUT2D eigenvalue weighted by Gasteiger charge is 2.31. The quantitative estimate of drug-likeness (QED) is 0.772. The number of Topliss-reactive ketones (excluding diaryl/α,β-unsaturated/α-hetero) is 1. The summed E-state index contributed by atoms with van der Waals surface area (Å²) in [5.74, 6) is -0.241. The molecule has 5 nitrogen and oxygen atoms in total. The van der Waals surface area contributed by atoms with Gasteiger partial charge in [0.25, 0.3) is 0 Å². The summed E-state index contributed by atoms with van der Waals surface area (Å²) in [7, 11) is 1.64. The van der Waals surface area contributed by atoms with Gasteiger partial charge in [0.15, 0.2) is 11.4 Å². The van der Waals surface area contributed by atoms with Gasteiger partial charge in [-0.2, -0.15) is 0 Å². The number of carbonyl (C=O) groups is 1. The van der Waals surface area contributed by atoms with E-state index in [0.717, 1.165) is 6.42 Å². The molecule has 0 N–H and O–H groups in total. The summed E-state index contributed by atoms with van der Waals surface area (Å²) < 4.78 is 12.0. The Kier molecular flexibility index (Phi) is 2.78. The number of ketones is 1. The summed E-state index contributed by atoms with van der Waals surface area (Å²) >= 11 is 0. The van der Waals surface area contributed by atoms with Crippen LogP contribution in [0.25, 0.3) is 11.1 Å². The molecule has 2 unspecified atom stereocenters. The third-order valence-electron chi connectivity index (χ3n) is 3.72. The highest BCUT2D eigenvalue weighted by molar-refractivity contribution is 6.01. The molecule has 1 aromatic heterocycles. The first-order valence-electron chi connectivity index (χ1n) is 6.33. The van der Waals surface area contributed by atoms with Crippen molar-refractivity contribution in [1.82, 2.24) is 4.57 Å². The molecule has 5 heteroatoms. The number of fused-ring (bicyclic) bond motifs is 1. The molecule has 0 radical (unpaired) electrons. The molecule has 2 aromatic rings. The maximum Gasteiger partial charge on any atom is 0.419 e. The van der Waals surface area contributed by atoms with Crippen LogP contribution < -0.4 is 5.76 Å². The smallest absolute Gasteiger partial charge is 0.408 e. The van der Waals surface area contributed by atoms with Gasteiger partial charge in [0.1, 0.15) is 6.10 Å². The van der Waals surface area contributed by atoms with Crippen LogP contribution in [-0.4, -0.2) is 23.1 Å². The number of aryl methyl sites for hydroxylation is 1. The van der Waals surface area contributed by atoms with Crippen molar-refractivity contribution in [3.63, 3.8) is 0 Å². The van der Waals surface area contributed by atoms with E-state index in [2.05, 4.69) is 0 Å². The number of benzene rings is 1. The third-order valence-corrected chi connectivity index (χ3v) is 3.72. The number of carbonyl (C=O) groups excluding carboxylic acids is 1. The zero-order valence-corrected chi connectivity index (χ0v) is 10.9. The summed E-state index contributed by atoms with van der Waals surface area (Å²) in [5.41, 5.74) is 1.64. The van der Waals surface area contributed by atoms with Crippen LogP contribution in [0.5, 0.6) is 0 Å². The van der Waals surface area contributed by atoms with Crippen molar-refractivity contribution in [2.45, 2.75) is 19.4 Å². The number of rotatable bonds is 2. The second-order valence-electron chi connectivity index (χ2n) is 5.03. The summed E-state index contributed by atoms with van der Waals surface area (Å²) in [4.78, 5) is 23.8. The highest BCUT2D eigenvalue weighted by Crippen LogP contribution is 2.25. The molecular formula is C14H15NO4. The summed E-state index contributed by atoms with van der Waals surface area (Å²) in [6.07, 6.45) is 0.520. The van der Waals surface area contributed by atoms with Gasteiger partial charge in [-0.3, -0.25) is 9.36 Å². The maximum absolute atomic E-state index is 12.3. The fourth-order valence-corrected chi connectivity index (χ4v) is 2.48. The SMILES string of the molecule is CC1CCOC1C(=O)c1ccc2c(c1)oc(=O)n2C.